The summed E-state index contributed by atoms with van der Waals surface area (Å²) in [6, 6.07) is 8.83. The third kappa shape index (κ3) is 3.78. The van der Waals surface area contributed by atoms with Crippen LogP contribution in [-0.2, 0) is 5.54 Å². The molecule has 1 fully saturated rings. The summed E-state index contributed by atoms with van der Waals surface area (Å²) in [5.41, 5.74) is 1.39. The zero-order valence-corrected chi connectivity index (χ0v) is 14.4. The quantitative estimate of drug-likeness (QED) is 0.920. The molecule has 0 aliphatic carbocycles. The van der Waals surface area contributed by atoms with Crippen LogP contribution in [0.15, 0.2) is 24.3 Å². The monoisotopic (exact) mass is 290 g/mol. The van der Waals surface area contributed by atoms with E-state index in [1.807, 2.05) is 12.1 Å². The highest BCUT2D eigenvalue weighted by molar-refractivity contribution is 5.38. The van der Waals surface area contributed by atoms with E-state index in [1.54, 1.807) is 7.11 Å². The molecule has 2 rings (SSSR count). The number of para-hydroxylation sites is 1. The number of ether oxygens (including phenoxy) is 1. The zero-order chi connectivity index (χ0) is 15.7. The molecule has 0 saturated carbocycles. The molecule has 0 radical (unpaired) electrons. The maximum Gasteiger partial charge on any atom is 0.123 e. The van der Waals surface area contributed by atoms with E-state index in [9.17, 15) is 0 Å². The van der Waals surface area contributed by atoms with Gasteiger partial charge in [-0.15, -0.1) is 0 Å². The van der Waals surface area contributed by atoms with E-state index in [-0.39, 0.29) is 11.1 Å². The van der Waals surface area contributed by atoms with Gasteiger partial charge in [0, 0.05) is 35.8 Å². The molecule has 1 aliphatic heterocycles. The molecular formula is C18H30N2O. The lowest BCUT2D eigenvalue weighted by Crippen LogP contribution is -2.47. The van der Waals surface area contributed by atoms with Gasteiger partial charge in [0.25, 0.3) is 0 Å². The Labute approximate surface area is 129 Å². The maximum absolute atomic E-state index is 5.52. The van der Waals surface area contributed by atoms with E-state index < -0.39 is 0 Å². The first-order valence-electron chi connectivity index (χ1n) is 7.90. The second-order valence-corrected chi connectivity index (χ2v) is 7.57. The number of hydrogen-bond acceptors (Lipinski definition) is 3. The third-order valence-electron chi connectivity index (χ3n) is 4.48. The fraction of sp³-hybridized carbons (Fsp3) is 0.667. The zero-order valence-electron chi connectivity index (χ0n) is 14.4. The van der Waals surface area contributed by atoms with E-state index in [0.717, 1.165) is 12.3 Å². The molecule has 21 heavy (non-hydrogen) atoms. The van der Waals surface area contributed by atoms with E-state index in [4.69, 9.17) is 4.74 Å². The van der Waals surface area contributed by atoms with Crippen molar-refractivity contribution in [3.63, 3.8) is 0 Å². The van der Waals surface area contributed by atoms with Gasteiger partial charge in [-0.25, -0.2) is 0 Å². The first-order valence-corrected chi connectivity index (χ1v) is 7.90. The number of benzene rings is 1. The van der Waals surface area contributed by atoms with Gasteiger partial charge in [-0.05, 0) is 47.1 Å². The van der Waals surface area contributed by atoms with E-state index >= 15 is 0 Å². The van der Waals surface area contributed by atoms with Crippen molar-refractivity contribution >= 4 is 0 Å². The molecule has 118 valence electrons. The Hall–Kier alpha value is -1.06. The number of methoxy groups -OCH3 is 1. The minimum absolute atomic E-state index is 0.0921. The van der Waals surface area contributed by atoms with Crippen molar-refractivity contribution in [2.45, 2.75) is 58.2 Å². The van der Waals surface area contributed by atoms with Gasteiger partial charge >= 0.3 is 0 Å². The van der Waals surface area contributed by atoms with Gasteiger partial charge in [0.1, 0.15) is 5.75 Å². The molecule has 0 aromatic heterocycles. The standard InChI is InChI=1S/C18H30N2O/c1-17(2,3)20-12-11-14(13-20)19-18(4,5)15-9-7-8-10-16(15)21-6/h7-10,14,19H,11-13H2,1-6H3. The Morgan fingerprint density at radius 1 is 1.14 bits per heavy atom. The van der Waals surface area contributed by atoms with Gasteiger partial charge in [0.2, 0.25) is 0 Å². The van der Waals surface area contributed by atoms with Crippen LogP contribution in [0.25, 0.3) is 0 Å². The highest BCUT2D eigenvalue weighted by atomic mass is 16.5. The van der Waals surface area contributed by atoms with Crippen LogP contribution in [0.4, 0.5) is 0 Å². The largest absolute Gasteiger partial charge is 0.496 e. The summed E-state index contributed by atoms with van der Waals surface area (Å²) >= 11 is 0. The summed E-state index contributed by atoms with van der Waals surface area (Å²) in [4.78, 5) is 2.56. The van der Waals surface area contributed by atoms with E-state index in [0.29, 0.717) is 6.04 Å². The molecule has 1 N–H and O–H groups in total. The second-order valence-electron chi connectivity index (χ2n) is 7.57. The lowest BCUT2D eigenvalue weighted by atomic mass is 9.92. The van der Waals surface area contributed by atoms with Gasteiger partial charge < -0.3 is 10.1 Å². The number of likely N-dealkylation sites (tertiary alicyclic amines) is 1. The molecule has 3 heteroatoms. The molecule has 1 aromatic rings. The normalized spacial score (nSPS) is 20.8. The van der Waals surface area contributed by atoms with Crippen molar-refractivity contribution < 1.29 is 4.74 Å². The molecule has 0 amide bonds. The van der Waals surface area contributed by atoms with Crippen molar-refractivity contribution in [2.75, 3.05) is 20.2 Å². The summed E-state index contributed by atoms with van der Waals surface area (Å²) in [7, 11) is 1.74. The van der Waals surface area contributed by atoms with Gasteiger partial charge in [-0.2, -0.15) is 0 Å². The van der Waals surface area contributed by atoms with Gasteiger partial charge in [0.05, 0.1) is 7.11 Å². The molecule has 1 unspecified atom stereocenters. The molecule has 1 saturated heterocycles. The van der Waals surface area contributed by atoms with Crippen molar-refractivity contribution in [3.8, 4) is 5.75 Å². The number of hydrogen-bond donors (Lipinski definition) is 1. The van der Waals surface area contributed by atoms with Crippen molar-refractivity contribution in [3.05, 3.63) is 29.8 Å². The first kappa shape index (κ1) is 16.3. The van der Waals surface area contributed by atoms with Gasteiger partial charge in [-0.1, -0.05) is 18.2 Å². The Balaban J connectivity index is 2.08. The van der Waals surface area contributed by atoms with Crippen LogP contribution in [-0.4, -0.2) is 36.7 Å². The summed E-state index contributed by atoms with van der Waals surface area (Å²) in [6.45, 7) is 13.6. The maximum atomic E-state index is 5.52. The average Bonchev–Trinajstić information content (AvgIpc) is 2.86. The predicted molar refractivity (Wildman–Crippen MR) is 88.9 cm³/mol. The van der Waals surface area contributed by atoms with Gasteiger partial charge in [0.15, 0.2) is 0 Å². The number of rotatable bonds is 4. The SMILES string of the molecule is COc1ccccc1C(C)(C)NC1CCN(C(C)(C)C)C1. The smallest absolute Gasteiger partial charge is 0.123 e. The highest BCUT2D eigenvalue weighted by Crippen LogP contribution is 2.31. The van der Waals surface area contributed by atoms with Gasteiger partial charge in [-0.3, -0.25) is 4.90 Å². The fourth-order valence-corrected chi connectivity index (χ4v) is 3.24. The second kappa shape index (κ2) is 5.98. The lowest BCUT2D eigenvalue weighted by molar-refractivity contribution is 0.167. The number of nitrogens with zero attached hydrogens (tertiary/aromatic N) is 1. The van der Waals surface area contributed by atoms with Crippen LogP contribution in [0, 0.1) is 0 Å². The van der Waals surface area contributed by atoms with E-state index in [2.05, 4.69) is 57.0 Å². The minimum atomic E-state index is -0.0921. The predicted octanol–water partition coefficient (Wildman–Crippen LogP) is 3.39. The first-order chi connectivity index (χ1) is 9.74. The molecule has 1 atom stereocenters. The van der Waals surface area contributed by atoms with Crippen molar-refractivity contribution in [2.24, 2.45) is 0 Å². The van der Waals surface area contributed by atoms with E-state index in [1.165, 1.54) is 18.5 Å². The van der Waals surface area contributed by atoms with Crippen molar-refractivity contribution in [1.29, 1.82) is 0 Å². The van der Waals surface area contributed by atoms with Crippen LogP contribution in [0.2, 0.25) is 0 Å². The lowest BCUT2D eigenvalue weighted by Gasteiger charge is -2.34. The fourth-order valence-electron chi connectivity index (χ4n) is 3.24. The summed E-state index contributed by atoms with van der Waals surface area (Å²) in [6.07, 6.45) is 1.20. The van der Waals surface area contributed by atoms with Crippen LogP contribution < -0.4 is 10.1 Å². The van der Waals surface area contributed by atoms with Crippen LogP contribution in [0.3, 0.4) is 0 Å². The molecule has 0 bridgehead atoms. The van der Waals surface area contributed by atoms with Crippen LogP contribution in [0.1, 0.15) is 46.6 Å². The molecule has 3 nitrogen and oxygen atoms in total. The van der Waals surface area contributed by atoms with Crippen molar-refractivity contribution in [1.82, 2.24) is 10.2 Å². The molecule has 1 heterocycles. The topological polar surface area (TPSA) is 24.5 Å². The molecule has 1 aromatic carbocycles. The third-order valence-corrected chi connectivity index (χ3v) is 4.48. The molecule has 1 aliphatic rings. The van der Waals surface area contributed by atoms with Crippen LogP contribution in [0.5, 0.6) is 5.75 Å². The summed E-state index contributed by atoms with van der Waals surface area (Å²) < 4.78 is 5.52. The minimum Gasteiger partial charge on any atom is -0.496 e. The Morgan fingerprint density at radius 3 is 2.38 bits per heavy atom. The molecule has 0 spiro atoms. The highest BCUT2D eigenvalue weighted by Gasteiger charge is 2.34. The summed E-state index contributed by atoms with van der Waals surface area (Å²) in [5, 5.41) is 3.83. The average molecular weight is 290 g/mol. The Morgan fingerprint density at radius 2 is 1.81 bits per heavy atom. The summed E-state index contributed by atoms with van der Waals surface area (Å²) in [5.74, 6) is 0.959. The van der Waals surface area contributed by atoms with Crippen LogP contribution >= 0.6 is 0 Å². The Kier molecular flexibility index (Phi) is 4.64. The molecular weight excluding hydrogens is 260 g/mol. The Bertz CT molecular complexity index is 476. The number of nitrogens with one attached hydrogen (secondary N) is 1.